The Morgan fingerprint density at radius 3 is 2.88 bits per heavy atom. The molecule has 5 heteroatoms. The first-order chi connectivity index (χ1) is 12.1. The summed E-state index contributed by atoms with van der Waals surface area (Å²) >= 11 is 0. The van der Waals surface area contributed by atoms with E-state index in [0.29, 0.717) is 6.04 Å². The highest BCUT2D eigenvalue weighted by Crippen LogP contribution is 2.41. The lowest BCUT2D eigenvalue weighted by Crippen LogP contribution is -2.46. The summed E-state index contributed by atoms with van der Waals surface area (Å²) in [5.41, 5.74) is 0.825. The number of rotatable bonds is 6. The monoisotopic (exact) mass is 346 g/mol. The predicted octanol–water partition coefficient (Wildman–Crippen LogP) is 3.06. The summed E-state index contributed by atoms with van der Waals surface area (Å²) in [4.78, 5) is 9.47. The first-order valence-electron chi connectivity index (χ1n) is 9.64. The Balaban J connectivity index is 1.59. The van der Waals surface area contributed by atoms with Crippen molar-refractivity contribution in [1.29, 1.82) is 0 Å². The van der Waals surface area contributed by atoms with Crippen LogP contribution in [0.4, 0.5) is 4.39 Å². The average molecular weight is 346 g/mol. The van der Waals surface area contributed by atoms with E-state index < -0.39 is 0 Å². The van der Waals surface area contributed by atoms with Crippen LogP contribution in [0.2, 0.25) is 0 Å². The van der Waals surface area contributed by atoms with Crippen LogP contribution in [0.25, 0.3) is 0 Å². The molecule has 1 saturated carbocycles. The van der Waals surface area contributed by atoms with Gasteiger partial charge >= 0.3 is 0 Å². The lowest BCUT2D eigenvalue weighted by atomic mass is 10.1. The van der Waals surface area contributed by atoms with Crippen molar-refractivity contribution >= 4 is 5.96 Å². The summed E-state index contributed by atoms with van der Waals surface area (Å²) in [5, 5.41) is 3.56. The number of halogens is 1. The van der Waals surface area contributed by atoms with Gasteiger partial charge in [-0.2, -0.15) is 0 Å². The molecule has 0 amide bonds. The molecule has 138 valence electrons. The zero-order valence-electron chi connectivity index (χ0n) is 15.7. The number of hydrogen-bond acceptors (Lipinski definition) is 2. The van der Waals surface area contributed by atoms with Crippen molar-refractivity contribution < 1.29 is 4.39 Å². The smallest absolute Gasteiger partial charge is 0.193 e. The van der Waals surface area contributed by atoms with Gasteiger partial charge in [0.2, 0.25) is 0 Å². The lowest BCUT2D eigenvalue weighted by molar-refractivity contribution is 0.232. The van der Waals surface area contributed by atoms with Crippen LogP contribution in [0.1, 0.15) is 44.6 Å². The molecule has 0 bridgehead atoms. The maximum absolute atomic E-state index is 14.0. The van der Waals surface area contributed by atoms with Gasteiger partial charge in [-0.05, 0) is 50.9 Å². The van der Waals surface area contributed by atoms with Crippen LogP contribution in [-0.2, 0) is 0 Å². The van der Waals surface area contributed by atoms with Gasteiger partial charge in [-0.15, -0.1) is 0 Å². The average Bonchev–Trinajstić information content (AvgIpc) is 3.22. The van der Waals surface area contributed by atoms with Gasteiger partial charge in [0.25, 0.3) is 0 Å². The Morgan fingerprint density at radius 1 is 1.36 bits per heavy atom. The molecular formula is C20H31FN4. The van der Waals surface area contributed by atoms with Crippen molar-refractivity contribution in [2.45, 2.75) is 51.1 Å². The van der Waals surface area contributed by atoms with Gasteiger partial charge in [-0.3, -0.25) is 9.89 Å². The molecule has 0 radical (unpaired) electrons. The quantitative estimate of drug-likeness (QED) is 0.634. The largest absolute Gasteiger partial charge is 0.353 e. The highest BCUT2D eigenvalue weighted by Gasteiger charge is 2.41. The molecule has 3 unspecified atom stereocenters. The lowest BCUT2D eigenvalue weighted by Gasteiger charge is -2.30. The SMILES string of the molecule is CCN=C(NC1CC1c1ccccc1F)N(C)CC1CCCN1CC. The van der Waals surface area contributed by atoms with Gasteiger partial charge in [0.15, 0.2) is 5.96 Å². The van der Waals surface area contributed by atoms with E-state index in [4.69, 9.17) is 0 Å². The van der Waals surface area contributed by atoms with Crippen molar-refractivity contribution in [3.8, 4) is 0 Å². The van der Waals surface area contributed by atoms with Crippen LogP contribution in [0.15, 0.2) is 29.3 Å². The second-order valence-electron chi connectivity index (χ2n) is 7.22. The molecular weight excluding hydrogens is 315 g/mol. The number of aliphatic imine (C=N–C) groups is 1. The second-order valence-corrected chi connectivity index (χ2v) is 7.22. The number of likely N-dealkylation sites (tertiary alicyclic amines) is 1. The third kappa shape index (κ3) is 4.32. The van der Waals surface area contributed by atoms with Gasteiger partial charge in [-0.1, -0.05) is 25.1 Å². The van der Waals surface area contributed by atoms with E-state index in [0.717, 1.165) is 37.6 Å². The maximum Gasteiger partial charge on any atom is 0.193 e. The van der Waals surface area contributed by atoms with E-state index in [9.17, 15) is 4.39 Å². The van der Waals surface area contributed by atoms with Crippen LogP contribution in [0, 0.1) is 5.82 Å². The summed E-state index contributed by atoms with van der Waals surface area (Å²) < 4.78 is 14.0. The summed E-state index contributed by atoms with van der Waals surface area (Å²) in [6.45, 7) is 8.37. The van der Waals surface area contributed by atoms with Crippen molar-refractivity contribution in [3.05, 3.63) is 35.6 Å². The fourth-order valence-corrected chi connectivity index (χ4v) is 3.99. The van der Waals surface area contributed by atoms with Crippen LogP contribution in [-0.4, -0.2) is 61.1 Å². The molecule has 1 N–H and O–H groups in total. The number of likely N-dealkylation sites (N-methyl/N-ethyl adjacent to an activating group) is 2. The highest BCUT2D eigenvalue weighted by molar-refractivity contribution is 5.80. The molecule has 1 heterocycles. The standard InChI is InChI=1S/C20H31FN4/c1-4-22-20(24(3)14-15-9-8-12-25(15)5-2)23-19-13-17(19)16-10-6-7-11-18(16)21/h6-7,10-11,15,17,19H,4-5,8-9,12-14H2,1-3H3,(H,22,23). The Hall–Kier alpha value is -1.62. The summed E-state index contributed by atoms with van der Waals surface area (Å²) in [5.74, 6) is 1.12. The zero-order valence-corrected chi connectivity index (χ0v) is 15.7. The predicted molar refractivity (Wildman–Crippen MR) is 102 cm³/mol. The molecule has 3 atom stereocenters. The molecule has 3 rings (SSSR count). The van der Waals surface area contributed by atoms with Crippen molar-refractivity contribution in [1.82, 2.24) is 15.1 Å². The number of nitrogens with zero attached hydrogens (tertiary/aromatic N) is 3. The van der Waals surface area contributed by atoms with Crippen molar-refractivity contribution in [2.75, 3.05) is 33.2 Å². The van der Waals surface area contributed by atoms with E-state index in [1.165, 1.54) is 19.4 Å². The Kier molecular flexibility index (Phi) is 5.94. The number of nitrogens with one attached hydrogen (secondary N) is 1. The van der Waals surface area contributed by atoms with E-state index >= 15 is 0 Å². The molecule has 0 spiro atoms. The Bertz CT molecular complexity index is 603. The van der Waals surface area contributed by atoms with Gasteiger partial charge in [0.1, 0.15) is 5.82 Å². The third-order valence-electron chi connectivity index (χ3n) is 5.47. The number of hydrogen-bond donors (Lipinski definition) is 1. The highest BCUT2D eigenvalue weighted by atomic mass is 19.1. The molecule has 1 aliphatic carbocycles. The van der Waals surface area contributed by atoms with Crippen molar-refractivity contribution in [2.24, 2.45) is 4.99 Å². The van der Waals surface area contributed by atoms with E-state index in [1.807, 2.05) is 12.1 Å². The third-order valence-corrected chi connectivity index (χ3v) is 5.47. The summed E-state index contributed by atoms with van der Waals surface area (Å²) in [7, 11) is 2.12. The molecule has 1 aromatic carbocycles. The fourth-order valence-electron chi connectivity index (χ4n) is 3.99. The van der Waals surface area contributed by atoms with E-state index in [-0.39, 0.29) is 17.8 Å². The molecule has 1 aromatic rings. The second kappa shape index (κ2) is 8.17. The minimum absolute atomic E-state index is 0.0938. The van der Waals surface area contributed by atoms with Gasteiger partial charge in [0.05, 0.1) is 0 Å². The molecule has 4 nitrogen and oxygen atoms in total. The van der Waals surface area contributed by atoms with Gasteiger partial charge in [-0.25, -0.2) is 4.39 Å². The minimum Gasteiger partial charge on any atom is -0.353 e. The van der Waals surface area contributed by atoms with Crippen molar-refractivity contribution in [3.63, 3.8) is 0 Å². The van der Waals surface area contributed by atoms with Crippen LogP contribution >= 0.6 is 0 Å². The first kappa shape index (κ1) is 18.2. The van der Waals surface area contributed by atoms with Crippen LogP contribution < -0.4 is 5.32 Å². The fraction of sp³-hybridized carbons (Fsp3) is 0.650. The topological polar surface area (TPSA) is 30.9 Å². The zero-order chi connectivity index (χ0) is 17.8. The van der Waals surface area contributed by atoms with Gasteiger partial charge < -0.3 is 10.2 Å². The van der Waals surface area contributed by atoms with E-state index in [1.54, 1.807) is 12.1 Å². The normalized spacial score (nSPS) is 26.7. The Labute approximate surface area is 151 Å². The number of guanidine groups is 1. The molecule has 0 aromatic heterocycles. The molecule has 1 aliphatic heterocycles. The molecule has 2 fully saturated rings. The number of benzene rings is 1. The minimum atomic E-state index is -0.0938. The molecule has 1 saturated heterocycles. The Morgan fingerprint density at radius 2 is 2.16 bits per heavy atom. The van der Waals surface area contributed by atoms with E-state index in [2.05, 4.69) is 41.0 Å². The molecule has 2 aliphatic rings. The van der Waals surface area contributed by atoms with Crippen LogP contribution in [0.3, 0.4) is 0 Å². The maximum atomic E-state index is 14.0. The molecule has 25 heavy (non-hydrogen) atoms. The van der Waals surface area contributed by atoms with Gasteiger partial charge in [0, 0.05) is 38.1 Å². The van der Waals surface area contributed by atoms with Crippen LogP contribution in [0.5, 0.6) is 0 Å². The summed E-state index contributed by atoms with van der Waals surface area (Å²) in [6, 6.07) is 8.02. The first-order valence-corrected chi connectivity index (χ1v) is 9.64. The summed E-state index contributed by atoms with van der Waals surface area (Å²) in [6.07, 6.45) is 3.53.